The van der Waals surface area contributed by atoms with Crippen molar-refractivity contribution in [1.29, 1.82) is 0 Å². The Labute approximate surface area is 76.0 Å². The summed E-state index contributed by atoms with van der Waals surface area (Å²) in [6.45, 7) is 1.95. The third-order valence-electron chi connectivity index (χ3n) is 2.87. The van der Waals surface area contributed by atoms with Crippen LogP contribution in [0.15, 0.2) is 6.20 Å². The summed E-state index contributed by atoms with van der Waals surface area (Å²) in [5, 5.41) is 15.8. The Morgan fingerprint density at radius 1 is 1.77 bits per heavy atom. The molecular weight excluding hydrogens is 168 g/mol. The lowest BCUT2D eigenvalue weighted by molar-refractivity contribution is -0.142. The highest BCUT2D eigenvalue weighted by atomic mass is 16.4. The van der Waals surface area contributed by atoms with Crippen LogP contribution in [0.5, 0.6) is 0 Å². The van der Waals surface area contributed by atoms with Crippen LogP contribution in [0.25, 0.3) is 0 Å². The van der Waals surface area contributed by atoms with E-state index < -0.39 is 5.97 Å². The van der Waals surface area contributed by atoms with E-state index in [0.29, 0.717) is 6.42 Å². The Morgan fingerprint density at radius 2 is 2.54 bits per heavy atom. The van der Waals surface area contributed by atoms with Crippen LogP contribution in [0.1, 0.15) is 30.5 Å². The third kappa shape index (κ3) is 1.22. The summed E-state index contributed by atoms with van der Waals surface area (Å²) < 4.78 is 0. The summed E-state index contributed by atoms with van der Waals surface area (Å²) in [5.74, 6) is -0.857. The second-order valence-electron chi connectivity index (χ2n) is 3.58. The quantitative estimate of drug-likeness (QED) is 0.681. The second-order valence-corrected chi connectivity index (χ2v) is 3.58. The summed E-state index contributed by atoms with van der Waals surface area (Å²) >= 11 is 0. The van der Waals surface area contributed by atoms with E-state index in [0.717, 1.165) is 17.7 Å². The maximum Gasteiger partial charge on any atom is 0.307 e. The normalized spacial score (nSPS) is 26.8. The Kier molecular flexibility index (Phi) is 1.83. The number of hydrogen-bond donors (Lipinski definition) is 2. The minimum atomic E-state index is -0.695. The number of aromatic nitrogens is 2. The molecule has 1 heterocycles. The third-order valence-corrected chi connectivity index (χ3v) is 2.87. The molecule has 13 heavy (non-hydrogen) atoms. The van der Waals surface area contributed by atoms with Gasteiger partial charge in [-0.1, -0.05) is 6.92 Å². The highest BCUT2D eigenvalue weighted by Gasteiger charge is 2.32. The first-order valence-electron chi connectivity index (χ1n) is 4.45. The van der Waals surface area contributed by atoms with Gasteiger partial charge < -0.3 is 5.11 Å². The number of nitrogens with zero attached hydrogens (tertiary/aromatic N) is 1. The van der Waals surface area contributed by atoms with Crippen molar-refractivity contribution in [2.75, 3.05) is 0 Å². The number of carboxylic acids is 1. The molecule has 0 aliphatic heterocycles. The number of aliphatic carboxylic acids is 1. The highest BCUT2D eigenvalue weighted by molar-refractivity contribution is 5.71. The van der Waals surface area contributed by atoms with Crippen LogP contribution in [-0.2, 0) is 11.2 Å². The zero-order chi connectivity index (χ0) is 9.42. The SMILES string of the molecule is C[C@H]1c2cn[nH]c2CC[C@H]1C(=O)O. The molecule has 1 aromatic rings. The number of carbonyl (C=O) groups is 1. The first-order chi connectivity index (χ1) is 6.20. The van der Waals surface area contributed by atoms with Gasteiger partial charge in [0.1, 0.15) is 0 Å². The lowest BCUT2D eigenvalue weighted by atomic mass is 9.79. The molecule has 0 fully saturated rings. The number of aromatic amines is 1. The van der Waals surface area contributed by atoms with Crippen LogP contribution >= 0.6 is 0 Å². The van der Waals surface area contributed by atoms with Crippen molar-refractivity contribution >= 4 is 5.97 Å². The van der Waals surface area contributed by atoms with Gasteiger partial charge in [-0.3, -0.25) is 9.89 Å². The van der Waals surface area contributed by atoms with Gasteiger partial charge in [-0.25, -0.2) is 0 Å². The number of aryl methyl sites for hydroxylation is 1. The van der Waals surface area contributed by atoms with E-state index in [1.54, 1.807) is 6.20 Å². The molecule has 2 rings (SSSR count). The number of fused-ring (bicyclic) bond motifs is 1. The fourth-order valence-electron chi connectivity index (χ4n) is 2.02. The standard InChI is InChI=1S/C9H12N2O2/c1-5-6(9(12)13)2-3-8-7(5)4-10-11-8/h4-6H,2-3H2,1H3,(H,10,11)(H,12,13)/t5-,6-/m1/s1. The predicted octanol–water partition coefficient (Wildman–Crippen LogP) is 1.16. The average Bonchev–Trinajstić information content (AvgIpc) is 2.52. The molecule has 1 aliphatic rings. The van der Waals surface area contributed by atoms with Crippen LogP contribution < -0.4 is 0 Å². The van der Waals surface area contributed by atoms with Gasteiger partial charge in [0, 0.05) is 5.69 Å². The van der Waals surface area contributed by atoms with E-state index in [-0.39, 0.29) is 11.8 Å². The van der Waals surface area contributed by atoms with Gasteiger partial charge >= 0.3 is 5.97 Å². The Bertz CT molecular complexity index is 332. The summed E-state index contributed by atoms with van der Waals surface area (Å²) in [4.78, 5) is 10.9. The topological polar surface area (TPSA) is 66.0 Å². The van der Waals surface area contributed by atoms with Crippen molar-refractivity contribution in [2.45, 2.75) is 25.7 Å². The van der Waals surface area contributed by atoms with Crippen molar-refractivity contribution in [3.63, 3.8) is 0 Å². The number of nitrogens with one attached hydrogen (secondary N) is 1. The van der Waals surface area contributed by atoms with Gasteiger partial charge in [0.25, 0.3) is 0 Å². The molecule has 0 amide bonds. The summed E-state index contributed by atoms with van der Waals surface area (Å²) in [5.41, 5.74) is 2.17. The van der Waals surface area contributed by atoms with Gasteiger partial charge in [-0.05, 0) is 24.3 Å². The van der Waals surface area contributed by atoms with Crippen molar-refractivity contribution in [3.8, 4) is 0 Å². The fraction of sp³-hybridized carbons (Fsp3) is 0.556. The van der Waals surface area contributed by atoms with E-state index >= 15 is 0 Å². The first kappa shape index (κ1) is 8.29. The number of hydrogen-bond acceptors (Lipinski definition) is 2. The summed E-state index contributed by atoms with van der Waals surface area (Å²) in [6, 6.07) is 0. The smallest absolute Gasteiger partial charge is 0.307 e. The molecule has 4 nitrogen and oxygen atoms in total. The molecule has 4 heteroatoms. The van der Waals surface area contributed by atoms with Crippen molar-refractivity contribution < 1.29 is 9.90 Å². The van der Waals surface area contributed by atoms with Crippen molar-refractivity contribution in [2.24, 2.45) is 5.92 Å². The van der Waals surface area contributed by atoms with Crippen LogP contribution in [-0.4, -0.2) is 21.3 Å². The molecule has 0 bridgehead atoms. The molecule has 2 atom stereocenters. The van der Waals surface area contributed by atoms with Crippen LogP contribution in [0.2, 0.25) is 0 Å². The zero-order valence-electron chi connectivity index (χ0n) is 7.45. The van der Waals surface area contributed by atoms with Gasteiger partial charge in [-0.2, -0.15) is 5.10 Å². The van der Waals surface area contributed by atoms with Gasteiger partial charge in [0.05, 0.1) is 12.1 Å². The fourth-order valence-corrected chi connectivity index (χ4v) is 2.02. The average molecular weight is 180 g/mol. The number of rotatable bonds is 1. The molecule has 70 valence electrons. The Balaban J connectivity index is 2.32. The molecular formula is C9H12N2O2. The van der Waals surface area contributed by atoms with Crippen molar-refractivity contribution in [1.82, 2.24) is 10.2 Å². The molecule has 1 aliphatic carbocycles. The van der Waals surface area contributed by atoms with Gasteiger partial charge in [0.2, 0.25) is 0 Å². The Morgan fingerprint density at radius 3 is 3.23 bits per heavy atom. The predicted molar refractivity (Wildman–Crippen MR) is 46.4 cm³/mol. The van der Waals surface area contributed by atoms with Gasteiger partial charge in [0.15, 0.2) is 0 Å². The lowest BCUT2D eigenvalue weighted by Crippen LogP contribution is -2.25. The molecule has 1 aromatic heterocycles. The van der Waals surface area contributed by atoms with E-state index in [2.05, 4.69) is 10.2 Å². The maximum absolute atomic E-state index is 10.9. The molecule has 0 unspecified atom stereocenters. The highest BCUT2D eigenvalue weighted by Crippen LogP contribution is 2.34. The van der Waals surface area contributed by atoms with Gasteiger partial charge in [-0.15, -0.1) is 0 Å². The summed E-state index contributed by atoms with van der Waals surface area (Å²) in [6.07, 6.45) is 3.26. The zero-order valence-corrected chi connectivity index (χ0v) is 7.45. The molecule has 2 N–H and O–H groups in total. The molecule has 0 saturated carbocycles. The van der Waals surface area contributed by atoms with E-state index in [4.69, 9.17) is 5.11 Å². The molecule has 0 saturated heterocycles. The molecule has 0 aromatic carbocycles. The van der Waals surface area contributed by atoms with E-state index in [9.17, 15) is 4.79 Å². The molecule has 0 radical (unpaired) electrons. The number of carboxylic acid groups (broad SMARTS) is 1. The lowest BCUT2D eigenvalue weighted by Gasteiger charge is -2.24. The monoisotopic (exact) mass is 180 g/mol. The van der Waals surface area contributed by atoms with Crippen LogP contribution in [0.4, 0.5) is 0 Å². The largest absolute Gasteiger partial charge is 0.481 e. The first-order valence-corrected chi connectivity index (χ1v) is 4.45. The number of H-pyrrole nitrogens is 1. The minimum absolute atomic E-state index is 0.0833. The van der Waals surface area contributed by atoms with Crippen LogP contribution in [0, 0.1) is 5.92 Å². The molecule has 0 spiro atoms. The van der Waals surface area contributed by atoms with E-state index in [1.165, 1.54) is 0 Å². The summed E-state index contributed by atoms with van der Waals surface area (Å²) in [7, 11) is 0. The second kappa shape index (κ2) is 2.87. The van der Waals surface area contributed by atoms with Crippen LogP contribution in [0.3, 0.4) is 0 Å². The van der Waals surface area contributed by atoms with Crippen molar-refractivity contribution in [3.05, 3.63) is 17.5 Å². The Hall–Kier alpha value is -1.32. The minimum Gasteiger partial charge on any atom is -0.481 e. The maximum atomic E-state index is 10.9. The van der Waals surface area contributed by atoms with E-state index in [1.807, 2.05) is 6.92 Å².